The molecule has 0 fully saturated rings. The predicted octanol–water partition coefficient (Wildman–Crippen LogP) is -0.153. The van der Waals surface area contributed by atoms with Crippen molar-refractivity contribution in [2.75, 3.05) is 0 Å². The van der Waals surface area contributed by atoms with Gasteiger partial charge in [-0.25, -0.2) is 4.68 Å². The molecule has 0 aliphatic heterocycles. The number of furan rings is 1. The lowest BCUT2D eigenvalue weighted by Gasteiger charge is -2.01. The molecule has 19 heavy (non-hydrogen) atoms. The molecule has 100 valence electrons. The third kappa shape index (κ3) is 3.26. The Kier molecular flexibility index (Phi) is 3.71. The third-order valence-corrected chi connectivity index (χ3v) is 2.33. The monoisotopic (exact) mass is 263 g/mol. The highest BCUT2D eigenvalue weighted by molar-refractivity contribution is 6.02. The molecule has 0 aliphatic rings. The second-order valence-electron chi connectivity index (χ2n) is 3.98. The maximum atomic E-state index is 11.6. The van der Waals surface area contributed by atoms with E-state index in [2.05, 4.69) is 15.6 Å². The molecule has 1 unspecified atom stereocenters. The Morgan fingerprint density at radius 2 is 2.37 bits per heavy atom. The summed E-state index contributed by atoms with van der Waals surface area (Å²) in [5.41, 5.74) is 6.19. The number of amides is 2. The van der Waals surface area contributed by atoms with E-state index >= 15 is 0 Å². The first-order chi connectivity index (χ1) is 9.06. The van der Waals surface area contributed by atoms with Crippen LogP contribution in [0.3, 0.4) is 0 Å². The molecular weight excluding hydrogens is 250 g/mol. The minimum absolute atomic E-state index is 0.0724. The summed E-state index contributed by atoms with van der Waals surface area (Å²) in [6.45, 7) is 1.64. The van der Waals surface area contributed by atoms with E-state index in [1.54, 1.807) is 19.2 Å². The van der Waals surface area contributed by atoms with Gasteiger partial charge in [0.1, 0.15) is 6.54 Å². The number of hydrogen-bond acceptors (Lipinski definition) is 6. The van der Waals surface area contributed by atoms with Gasteiger partial charge in [0, 0.05) is 6.04 Å². The molecule has 2 rings (SSSR count). The zero-order valence-corrected chi connectivity index (χ0v) is 10.2. The van der Waals surface area contributed by atoms with Gasteiger partial charge in [0.05, 0.1) is 18.2 Å². The molecule has 0 aliphatic carbocycles. The van der Waals surface area contributed by atoms with E-state index in [1.807, 2.05) is 0 Å². The first-order valence-corrected chi connectivity index (χ1v) is 5.59. The third-order valence-electron chi connectivity index (χ3n) is 2.33. The van der Waals surface area contributed by atoms with Gasteiger partial charge in [-0.1, -0.05) is 5.21 Å². The Balaban J connectivity index is 1.92. The molecule has 0 spiro atoms. The van der Waals surface area contributed by atoms with Crippen LogP contribution >= 0.6 is 0 Å². The van der Waals surface area contributed by atoms with E-state index in [0.717, 1.165) is 0 Å². The molecule has 3 N–H and O–H groups in total. The molecule has 2 amide bonds. The van der Waals surface area contributed by atoms with Crippen LogP contribution in [0.4, 0.5) is 0 Å². The highest BCUT2D eigenvalue weighted by Gasteiger charge is 2.14. The maximum absolute atomic E-state index is 11.6. The molecule has 1 atom stereocenters. The van der Waals surface area contributed by atoms with Crippen molar-refractivity contribution in [3.8, 4) is 0 Å². The predicted molar refractivity (Wildman–Crippen MR) is 63.8 cm³/mol. The number of rotatable bonds is 4. The maximum Gasteiger partial charge on any atom is 0.293 e. The average Bonchev–Trinajstić information content (AvgIpc) is 2.98. The number of carbonyl (C=O) groups is 2. The molecule has 0 radical (unpaired) electrons. The van der Waals surface area contributed by atoms with Gasteiger partial charge in [-0.05, 0) is 19.1 Å². The zero-order valence-electron chi connectivity index (χ0n) is 10.2. The Morgan fingerprint density at radius 3 is 2.95 bits per heavy atom. The minimum Gasteiger partial charge on any atom is -0.459 e. The normalized spacial score (nSPS) is 12.1. The Bertz CT molecular complexity index is 573. The molecule has 0 bridgehead atoms. The summed E-state index contributed by atoms with van der Waals surface area (Å²) in [6, 6.07) is 2.76. The summed E-state index contributed by atoms with van der Waals surface area (Å²) in [7, 11) is 0. The minimum atomic E-state index is -0.595. The number of nitrogens with zero attached hydrogens (tertiary/aromatic N) is 3. The lowest BCUT2D eigenvalue weighted by Crippen LogP contribution is -2.33. The molecule has 8 heteroatoms. The standard InChI is InChI=1S/C11H13N5O3/c1-7(12)8-5-16(15-14-8)6-10(17)13-11(18)9-3-2-4-19-9/h2-5,7H,6,12H2,1H3,(H,13,17,18). The van der Waals surface area contributed by atoms with Crippen molar-refractivity contribution in [1.29, 1.82) is 0 Å². The van der Waals surface area contributed by atoms with Crippen molar-refractivity contribution in [2.45, 2.75) is 19.5 Å². The van der Waals surface area contributed by atoms with Crippen LogP contribution in [0.1, 0.15) is 29.2 Å². The van der Waals surface area contributed by atoms with Gasteiger partial charge in [0.25, 0.3) is 5.91 Å². The lowest BCUT2D eigenvalue weighted by atomic mass is 10.3. The summed E-state index contributed by atoms with van der Waals surface area (Å²) in [6.07, 6.45) is 2.91. The van der Waals surface area contributed by atoms with Crippen LogP contribution in [-0.2, 0) is 11.3 Å². The molecule has 0 saturated heterocycles. The molecule has 8 nitrogen and oxygen atoms in total. The van der Waals surface area contributed by atoms with Crippen molar-refractivity contribution >= 4 is 11.8 Å². The van der Waals surface area contributed by atoms with E-state index in [0.29, 0.717) is 5.69 Å². The fraction of sp³-hybridized carbons (Fsp3) is 0.273. The second-order valence-corrected chi connectivity index (χ2v) is 3.98. The second kappa shape index (κ2) is 5.44. The van der Waals surface area contributed by atoms with Gasteiger partial charge in [-0.2, -0.15) is 0 Å². The van der Waals surface area contributed by atoms with Crippen molar-refractivity contribution in [3.05, 3.63) is 36.0 Å². The highest BCUT2D eigenvalue weighted by atomic mass is 16.3. The fourth-order valence-electron chi connectivity index (χ4n) is 1.38. The van der Waals surface area contributed by atoms with Crippen molar-refractivity contribution < 1.29 is 14.0 Å². The number of aromatic nitrogens is 3. The first kappa shape index (κ1) is 13.0. The number of imide groups is 1. The molecule has 2 heterocycles. The van der Waals surface area contributed by atoms with Gasteiger partial charge in [0.15, 0.2) is 5.76 Å². The molecule has 2 aromatic heterocycles. The van der Waals surface area contributed by atoms with E-state index in [9.17, 15) is 9.59 Å². The summed E-state index contributed by atoms with van der Waals surface area (Å²) >= 11 is 0. The number of nitrogens with one attached hydrogen (secondary N) is 1. The van der Waals surface area contributed by atoms with Gasteiger partial charge < -0.3 is 10.2 Å². The Morgan fingerprint density at radius 1 is 1.58 bits per heavy atom. The van der Waals surface area contributed by atoms with Crippen molar-refractivity contribution in [1.82, 2.24) is 20.3 Å². The van der Waals surface area contributed by atoms with Gasteiger partial charge in [-0.3, -0.25) is 14.9 Å². The SMILES string of the molecule is CC(N)c1cn(CC(=O)NC(=O)c2ccco2)nn1. The van der Waals surface area contributed by atoms with Crippen LogP contribution in [0.5, 0.6) is 0 Å². The van der Waals surface area contributed by atoms with Crippen LogP contribution in [0.25, 0.3) is 0 Å². The summed E-state index contributed by atoms with van der Waals surface area (Å²) in [5.74, 6) is -1.03. The van der Waals surface area contributed by atoms with Gasteiger partial charge >= 0.3 is 0 Å². The van der Waals surface area contributed by atoms with Crippen molar-refractivity contribution in [2.24, 2.45) is 5.73 Å². The summed E-state index contributed by atoms with van der Waals surface area (Å²) in [4.78, 5) is 23.1. The number of nitrogens with two attached hydrogens (primary N) is 1. The van der Waals surface area contributed by atoms with E-state index < -0.39 is 11.8 Å². The number of carbonyl (C=O) groups excluding carboxylic acids is 2. The quantitative estimate of drug-likeness (QED) is 0.792. The van der Waals surface area contributed by atoms with Gasteiger partial charge in [-0.15, -0.1) is 5.10 Å². The molecular formula is C11H13N5O3. The van der Waals surface area contributed by atoms with Crippen LogP contribution in [0, 0.1) is 0 Å². The first-order valence-electron chi connectivity index (χ1n) is 5.59. The fourth-order valence-corrected chi connectivity index (χ4v) is 1.38. The van der Waals surface area contributed by atoms with Crippen molar-refractivity contribution in [3.63, 3.8) is 0 Å². The topological polar surface area (TPSA) is 116 Å². The van der Waals surface area contributed by atoms with E-state index in [1.165, 1.54) is 17.0 Å². The molecule has 0 aromatic carbocycles. The Hall–Kier alpha value is -2.48. The van der Waals surface area contributed by atoms with Gasteiger partial charge in [0.2, 0.25) is 5.91 Å². The smallest absolute Gasteiger partial charge is 0.293 e. The molecule has 2 aromatic rings. The van der Waals surface area contributed by atoms with Crippen LogP contribution in [0.15, 0.2) is 29.0 Å². The largest absolute Gasteiger partial charge is 0.459 e. The van der Waals surface area contributed by atoms with E-state index in [4.69, 9.17) is 10.2 Å². The van der Waals surface area contributed by atoms with Crippen LogP contribution < -0.4 is 11.1 Å². The summed E-state index contributed by atoms with van der Waals surface area (Å²) < 4.78 is 6.18. The Labute approximate surface area is 108 Å². The van der Waals surface area contributed by atoms with E-state index in [-0.39, 0.29) is 18.3 Å². The average molecular weight is 263 g/mol. The molecule has 0 saturated carbocycles. The van der Waals surface area contributed by atoms with Crippen LogP contribution in [-0.4, -0.2) is 26.8 Å². The highest BCUT2D eigenvalue weighted by Crippen LogP contribution is 2.03. The van der Waals surface area contributed by atoms with Crippen LogP contribution in [0.2, 0.25) is 0 Å². The summed E-state index contributed by atoms with van der Waals surface area (Å²) in [5, 5.41) is 9.72. The number of hydrogen-bond donors (Lipinski definition) is 2. The zero-order chi connectivity index (χ0) is 13.8. The lowest BCUT2D eigenvalue weighted by molar-refractivity contribution is -0.120.